The van der Waals surface area contributed by atoms with Gasteiger partial charge in [-0.05, 0) is 26.7 Å². The summed E-state index contributed by atoms with van der Waals surface area (Å²) >= 11 is 0. The van der Waals surface area contributed by atoms with E-state index in [1.54, 1.807) is 7.11 Å². The van der Waals surface area contributed by atoms with Crippen LogP contribution >= 0.6 is 0 Å². The van der Waals surface area contributed by atoms with Gasteiger partial charge in [0.05, 0.1) is 25.5 Å². The lowest BCUT2D eigenvalue weighted by atomic mass is 10.1. The Labute approximate surface area is 121 Å². The molecule has 4 nitrogen and oxygen atoms in total. The number of rotatable bonds is 4. The summed E-state index contributed by atoms with van der Waals surface area (Å²) in [4.78, 5) is 4.47. The van der Waals surface area contributed by atoms with E-state index in [0.29, 0.717) is 6.61 Å². The van der Waals surface area contributed by atoms with E-state index in [2.05, 4.69) is 4.98 Å². The third-order valence-electron chi connectivity index (χ3n) is 4.19. The van der Waals surface area contributed by atoms with Gasteiger partial charge < -0.3 is 15.2 Å². The average molecular weight is 278 g/mol. The molecule has 1 heterocycles. The van der Waals surface area contributed by atoms with Gasteiger partial charge in [-0.3, -0.25) is 4.98 Å². The van der Waals surface area contributed by atoms with Crippen molar-refractivity contribution in [2.24, 2.45) is 5.73 Å². The predicted octanol–water partition coefficient (Wildman–Crippen LogP) is 2.88. The Bertz CT molecular complexity index is 448. The molecule has 1 aliphatic carbocycles. The van der Waals surface area contributed by atoms with Gasteiger partial charge in [-0.15, -0.1) is 0 Å². The highest BCUT2D eigenvalue weighted by molar-refractivity contribution is 5.40. The highest BCUT2D eigenvalue weighted by Gasteiger charge is 2.21. The first-order chi connectivity index (χ1) is 9.63. The van der Waals surface area contributed by atoms with Crippen molar-refractivity contribution in [2.45, 2.75) is 64.7 Å². The van der Waals surface area contributed by atoms with Crippen LogP contribution in [0.5, 0.6) is 5.75 Å². The summed E-state index contributed by atoms with van der Waals surface area (Å²) in [6, 6.07) is 0.158. The van der Waals surface area contributed by atoms with E-state index < -0.39 is 0 Å². The number of hydrogen-bond donors (Lipinski definition) is 1. The molecule has 1 aromatic rings. The molecule has 1 aromatic heterocycles. The summed E-state index contributed by atoms with van der Waals surface area (Å²) in [5, 5.41) is 0. The average Bonchev–Trinajstić information content (AvgIpc) is 2.63. The molecule has 0 spiro atoms. The second-order valence-electron chi connectivity index (χ2n) is 5.70. The summed E-state index contributed by atoms with van der Waals surface area (Å²) in [5.41, 5.74) is 9.26. The largest absolute Gasteiger partial charge is 0.496 e. The van der Waals surface area contributed by atoms with E-state index in [1.165, 1.54) is 19.3 Å². The molecule has 2 unspecified atom stereocenters. The van der Waals surface area contributed by atoms with Crippen LogP contribution in [0.3, 0.4) is 0 Å². The Morgan fingerprint density at radius 3 is 2.75 bits per heavy atom. The number of methoxy groups -OCH3 is 1. The molecule has 0 saturated heterocycles. The van der Waals surface area contributed by atoms with Crippen LogP contribution in [0, 0.1) is 13.8 Å². The fraction of sp³-hybridized carbons (Fsp3) is 0.688. The van der Waals surface area contributed by atoms with Crippen molar-refractivity contribution in [3.05, 3.63) is 23.0 Å². The maximum atomic E-state index is 6.19. The second kappa shape index (κ2) is 7.04. The molecular formula is C16H26N2O2. The van der Waals surface area contributed by atoms with Gasteiger partial charge in [0, 0.05) is 23.4 Å². The van der Waals surface area contributed by atoms with E-state index in [-0.39, 0.29) is 12.1 Å². The first kappa shape index (κ1) is 15.3. The third-order valence-corrected chi connectivity index (χ3v) is 4.19. The zero-order valence-corrected chi connectivity index (χ0v) is 12.8. The van der Waals surface area contributed by atoms with Crippen LogP contribution in [-0.2, 0) is 11.3 Å². The number of aromatic nitrogens is 1. The normalized spacial score (nSPS) is 23.4. The van der Waals surface area contributed by atoms with Gasteiger partial charge in [-0.25, -0.2) is 0 Å². The van der Waals surface area contributed by atoms with Crippen molar-refractivity contribution < 1.29 is 9.47 Å². The molecule has 0 amide bonds. The van der Waals surface area contributed by atoms with Gasteiger partial charge >= 0.3 is 0 Å². The van der Waals surface area contributed by atoms with Crippen molar-refractivity contribution in [1.82, 2.24) is 4.98 Å². The lowest BCUT2D eigenvalue weighted by molar-refractivity contribution is 0.0174. The Morgan fingerprint density at radius 2 is 2.00 bits per heavy atom. The third kappa shape index (κ3) is 3.49. The lowest BCUT2D eigenvalue weighted by Crippen LogP contribution is -2.35. The predicted molar refractivity (Wildman–Crippen MR) is 79.9 cm³/mol. The van der Waals surface area contributed by atoms with Crippen LogP contribution < -0.4 is 10.5 Å². The molecule has 1 saturated carbocycles. The summed E-state index contributed by atoms with van der Waals surface area (Å²) in [6.07, 6.45) is 7.82. The smallest absolute Gasteiger partial charge is 0.128 e. The Hall–Kier alpha value is -1.13. The maximum absolute atomic E-state index is 6.19. The van der Waals surface area contributed by atoms with Gasteiger partial charge in [-0.1, -0.05) is 19.3 Å². The molecule has 112 valence electrons. The molecule has 2 N–H and O–H groups in total. The molecule has 2 rings (SSSR count). The van der Waals surface area contributed by atoms with E-state index in [9.17, 15) is 0 Å². The zero-order valence-electron chi connectivity index (χ0n) is 12.8. The van der Waals surface area contributed by atoms with E-state index >= 15 is 0 Å². The summed E-state index contributed by atoms with van der Waals surface area (Å²) in [6.45, 7) is 4.55. The minimum absolute atomic E-state index is 0.158. The van der Waals surface area contributed by atoms with Crippen LogP contribution in [0.1, 0.15) is 48.9 Å². The molecule has 2 atom stereocenters. The molecule has 0 radical (unpaired) electrons. The minimum Gasteiger partial charge on any atom is -0.496 e. The fourth-order valence-electron chi connectivity index (χ4n) is 2.91. The van der Waals surface area contributed by atoms with Gasteiger partial charge in [-0.2, -0.15) is 0 Å². The number of aryl methyl sites for hydroxylation is 1. The van der Waals surface area contributed by atoms with E-state index in [0.717, 1.165) is 35.4 Å². The van der Waals surface area contributed by atoms with Crippen LogP contribution in [0.25, 0.3) is 0 Å². The zero-order chi connectivity index (χ0) is 14.5. The van der Waals surface area contributed by atoms with Crippen molar-refractivity contribution >= 4 is 0 Å². The molecule has 0 aromatic carbocycles. The molecule has 0 bridgehead atoms. The fourth-order valence-corrected chi connectivity index (χ4v) is 2.91. The topological polar surface area (TPSA) is 57.4 Å². The first-order valence-corrected chi connectivity index (χ1v) is 7.49. The summed E-state index contributed by atoms with van der Waals surface area (Å²) in [5.74, 6) is 0.906. The molecular weight excluding hydrogens is 252 g/mol. The highest BCUT2D eigenvalue weighted by Crippen LogP contribution is 2.26. The Balaban J connectivity index is 2.03. The first-order valence-electron chi connectivity index (χ1n) is 7.49. The van der Waals surface area contributed by atoms with Crippen LogP contribution in [-0.4, -0.2) is 24.2 Å². The highest BCUT2D eigenvalue weighted by atomic mass is 16.5. The number of ether oxygens (including phenoxy) is 2. The van der Waals surface area contributed by atoms with Gasteiger partial charge in [0.25, 0.3) is 0 Å². The SMILES string of the molecule is COc1c(C)cnc(COC2CCCCCC2N)c1C. The molecule has 1 fully saturated rings. The van der Waals surface area contributed by atoms with Crippen LogP contribution in [0.2, 0.25) is 0 Å². The maximum Gasteiger partial charge on any atom is 0.128 e. The van der Waals surface area contributed by atoms with Crippen molar-refractivity contribution in [2.75, 3.05) is 7.11 Å². The number of hydrogen-bond acceptors (Lipinski definition) is 4. The molecule has 20 heavy (non-hydrogen) atoms. The Morgan fingerprint density at radius 1 is 1.25 bits per heavy atom. The lowest BCUT2D eigenvalue weighted by Gasteiger charge is -2.22. The number of nitrogens with zero attached hydrogens (tertiary/aromatic N) is 1. The Kier molecular flexibility index (Phi) is 5.38. The van der Waals surface area contributed by atoms with Crippen molar-refractivity contribution in [1.29, 1.82) is 0 Å². The molecule has 1 aliphatic rings. The molecule has 0 aliphatic heterocycles. The van der Waals surface area contributed by atoms with E-state index in [4.69, 9.17) is 15.2 Å². The van der Waals surface area contributed by atoms with Gasteiger partial charge in [0.1, 0.15) is 5.75 Å². The second-order valence-corrected chi connectivity index (χ2v) is 5.70. The number of nitrogens with two attached hydrogens (primary N) is 1. The van der Waals surface area contributed by atoms with E-state index in [1.807, 2.05) is 20.0 Å². The van der Waals surface area contributed by atoms with Crippen LogP contribution in [0.4, 0.5) is 0 Å². The minimum atomic E-state index is 0.158. The van der Waals surface area contributed by atoms with Gasteiger partial charge in [0.2, 0.25) is 0 Å². The summed E-state index contributed by atoms with van der Waals surface area (Å²) in [7, 11) is 1.70. The monoisotopic (exact) mass is 278 g/mol. The number of pyridine rings is 1. The van der Waals surface area contributed by atoms with Gasteiger partial charge in [0.15, 0.2) is 0 Å². The van der Waals surface area contributed by atoms with Crippen molar-refractivity contribution in [3.8, 4) is 5.75 Å². The molecule has 4 heteroatoms. The van der Waals surface area contributed by atoms with Crippen molar-refractivity contribution in [3.63, 3.8) is 0 Å². The van der Waals surface area contributed by atoms with Crippen LogP contribution in [0.15, 0.2) is 6.20 Å². The standard InChI is InChI=1S/C16H26N2O2/c1-11-9-18-14(12(2)16(11)19-3)10-20-15-8-6-4-5-7-13(15)17/h9,13,15H,4-8,10,17H2,1-3H3. The summed E-state index contributed by atoms with van der Waals surface area (Å²) < 4.78 is 11.5. The quantitative estimate of drug-likeness (QED) is 0.860.